The molecular weight excluding hydrogens is 240 g/mol. The van der Waals surface area contributed by atoms with Gasteiger partial charge in [0.25, 0.3) is 0 Å². The number of hydrogen-bond acceptors (Lipinski definition) is 3. The van der Waals surface area contributed by atoms with Gasteiger partial charge in [0.2, 0.25) is 0 Å². The third kappa shape index (κ3) is 2.34. The number of fused-ring (bicyclic) bond motifs is 1. The molecule has 2 nitrogen and oxygen atoms in total. The van der Waals surface area contributed by atoms with Gasteiger partial charge in [0.05, 0.1) is 0 Å². The lowest BCUT2D eigenvalue weighted by atomic mass is 10.1. The molecule has 3 N–H and O–H groups in total. The molecule has 3 heteroatoms. The van der Waals surface area contributed by atoms with Crippen LogP contribution in [0.4, 0.5) is 0 Å². The molecule has 18 heavy (non-hydrogen) atoms. The van der Waals surface area contributed by atoms with Crippen LogP contribution in [0.3, 0.4) is 0 Å². The van der Waals surface area contributed by atoms with E-state index >= 15 is 0 Å². The van der Waals surface area contributed by atoms with E-state index in [9.17, 15) is 0 Å². The number of hydrogen-bond donors (Lipinski definition) is 2. The average molecular weight is 258 g/mol. The third-order valence-electron chi connectivity index (χ3n) is 3.60. The highest BCUT2D eigenvalue weighted by Crippen LogP contribution is 2.36. The summed E-state index contributed by atoms with van der Waals surface area (Å²) in [5, 5.41) is 5.77. The molecule has 0 bridgehead atoms. The highest BCUT2D eigenvalue weighted by molar-refractivity contribution is 7.09. The van der Waals surface area contributed by atoms with Crippen LogP contribution in [0, 0.1) is 0 Å². The van der Waals surface area contributed by atoms with Crippen molar-refractivity contribution in [1.82, 2.24) is 5.32 Å². The second-order valence-electron chi connectivity index (χ2n) is 4.81. The van der Waals surface area contributed by atoms with Crippen LogP contribution < -0.4 is 11.1 Å². The van der Waals surface area contributed by atoms with E-state index in [4.69, 9.17) is 5.73 Å². The zero-order valence-electron chi connectivity index (χ0n) is 10.3. The van der Waals surface area contributed by atoms with Gasteiger partial charge in [-0.1, -0.05) is 30.3 Å². The maximum atomic E-state index is 6.17. The van der Waals surface area contributed by atoms with Gasteiger partial charge in [-0.15, -0.1) is 11.3 Å². The Morgan fingerprint density at radius 1 is 1.17 bits per heavy atom. The summed E-state index contributed by atoms with van der Waals surface area (Å²) in [6.07, 6.45) is 2.12. The summed E-state index contributed by atoms with van der Waals surface area (Å²) < 4.78 is 0. The minimum atomic E-state index is 0.195. The fourth-order valence-electron chi connectivity index (χ4n) is 2.69. The van der Waals surface area contributed by atoms with Crippen LogP contribution in [0.25, 0.3) is 0 Å². The standard InChI is InChI=1S/C15H18N2S/c16-14-10-15(13-6-2-1-5-12(13)14)17-8-7-11-4-3-9-18-11/h1-6,9,14-15,17H,7-8,10,16H2. The van der Waals surface area contributed by atoms with Crippen molar-refractivity contribution >= 4 is 11.3 Å². The maximum Gasteiger partial charge on any atom is 0.0341 e. The van der Waals surface area contributed by atoms with E-state index in [2.05, 4.69) is 47.1 Å². The first kappa shape index (κ1) is 11.9. The molecule has 2 atom stereocenters. The normalized spacial score (nSPS) is 22.1. The van der Waals surface area contributed by atoms with Crippen molar-refractivity contribution in [3.63, 3.8) is 0 Å². The zero-order chi connectivity index (χ0) is 12.4. The van der Waals surface area contributed by atoms with E-state index in [-0.39, 0.29) is 6.04 Å². The quantitative estimate of drug-likeness (QED) is 0.884. The molecule has 0 radical (unpaired) electrons. The van der Waals surface area contributed by atoms with Crippen molar-refractivity contribution in [2.24, 2.45) is 5.73 Å². The van der Waals surface area contributed by atoms with E-state index in [1.165, 1.54) is 16.0 Å². The predicted octanol–water partition coefficient (Wildman–Crippen LogP) is 3.03. The molecule has 1 aromatic heterocycles. The Kier molecular flexibility index (Phi) is 3.46. The first-order valence-electron chi connectivity index (χ1n) is 6.45. The molecule has 2 unspecified atom stereocenters. The Morgan fingerprint density at radius 3 is 2.78 bits per heavy atom. The summed E-state index contributed by atoms with van der Waals surface area (Å²) >= 11 is 1.83. The molecule has 0 aliphatic heterocycles. The SMILES string of the molecule is NC1CC(NCCc2cccs2)c2ccccc21. The second kappa shape index (κ2) is 5.22. The molecular formula is C15H18N2S. The van der Waals surface area contributed by atoms with E-state index in [1.807, 2.05) is 11.3 Å². The zero-order valence-corrected chi connectivity index (χ0v) is 11.1. The smallest absolute Gasteiger partial charge is 0.0341 e. The first-order valence-corrected chi connectivity index (χ1v) is 7.33. The second-order valence-corrected chi connectivity index (χ2v) is 5.84. The minimum Gasteiger partial charge on any atom is -0.324 e. The van der Waals surface area contributed by atoms with E-state index in [0.717, 1.165) is 19.4 Å². The summed E-state index contributed by atoms with van der Waals surface area (Å²) in [5.41, 5.74) is 8.86. The van der Waals surface area contributed by atoms with Gasteiger partial charge in [-0.25, -0.2) is 0 Å². The van der Waals surface area contributed by atoms with Gasteiger partial charge in [0.1, 0.15) is 0 Å². The van der Waals surface area contributed by atoms with Crippen LogP contribution >= 0.6 is 11.3 Å². The lowest BCUT2D eigenvalue weighted by Crippen LogP contribution is -2.22. The van der Waals surface area contributed by atoms with Crippen LogP contribution in [-0.4, -0.2) is 6.54 Å². The molecule has 0 spiro atoms. The largest absolute Gasteiger partial charge is 0.324 e. The summed E-state index contributed by atoms with van der Waals surface area (Å²) in [6.45, 7) is 1.02. The Hall–Kier alpha value is -1.16. The first-order chi connectivity index (χ1) is 8.84. The Morgan fingerprint density at radius 2 is 2.00 bits per heavy atom. The highest BCUT2D eigenvalue weighted by atomic mass is 32.1. The van der Waals surface area contributed by atoms with Crippen molar-refractivity contribution < 1.29 is 0 Å². The molecule has 0 saturated heterocycles. The number of thiophene rings is 1. The molecule has 3 rings (SSSR count). The van der Waals surface area contributed by atoms with Gasteiger partial charge < -0.3 is 11.1 Å². The predicted molar refractivity (Wildman–Crippen MR) is 76.8 cm³/mol. The Balaban J connectivity index is 1.61. The number of nitrogens with one attached hydrogen (secondary N) is 1. The van der Waals surface area contributed by atoms with Crippen LogP contribution in [0.15, 0.2) is 41.8 Å². The van der Waals surface area contributed by atoms with Crippen LogP contribution in [-0.2, 0) is 6.42 Å². The topological polar surface area (TPSA) is 38.0 Å². The molecule has 1 aliphatic rings. The number of nitrogens with two attached hydrogens (primary N) is 1. The van der Waals surface area contributed by atoms with Gasteiger partial charge in [-0.05, 0) is 35.4 Å². The van der Waals surface area contributed by atoms with Crippen molar-refractivity contribution in [2.75, 3.05) is 6.54 Å². The Bertz CT molecular complexity index is 507. The van der Waals surface area contributed by atoms with Gasteiger partial charge in [0.15, 0.2) is 0 Å². The molecule has 1 heterocycles. The van der Waals surface area contributed by atoms with E-state index in [1.54, 1.807) is 0 Å². The fraction of sp³-hybridized carbons (Fsp3) is 0.333. The van der Waals surface area contributed by atoms with Gasteiger partial charge in [-0.2, -0.15) is 0 Å². The molecule has 94 valence electrons. The number of rotatable bonds is 4. The Labute approximate surface area is 112 Å². The van der Waals surface area contributed by atoms with Crippen molar-refractivity contribution in [1.29, 1.82) is 0 Å². The van der Waals surface area contributed by atoms with Crippen molar-refractivity contribution in [2.45, 2.75) is 24.9 Å². The van der Waals surface area contributed by atoms with Gasteiger partial charge in [-0.3, -0.25) is 0 Å². The molecule has 0 amide bonds. The molecule has 0 saturated carbocycles. The minimum absolute atomic E-state index is 0.195. The molecule has 0 fully saturated rings. The van der Waals surface area contributed by atoms with Gasteiger partial charge in [0, 0.05) is 23.5 Å². The molecule has 1 aromatic carbocycles. The van der Waals surface area contributed by atoms with Crippen LogP contribution in [0.2, 0.25) is 0 Å². The third-order valence-corrected chi connectivity index (χ3v) is 4.54. The van der Waals surface area contributed by atoms with Crippen LogP contribution in [0.5, 0.6) is 0 Å². The average Bonchev–Trinajstić information content (AvgIpc) is 3.00. The molecule has 2 aromatic rings. The van der Waals surface area contributed by atoms with Crippen molar-refractivity contribution in [3.05, 3.63) is 57.8 Å². The summed E-state index contributed by atoms with van der Waals surface area (Å²) in [5.74, 6) is 0. The van der Waals surface area contributed by atoms with Crippen LogP contribution in [0.1, 0.15) is 34.5 Å². The fourth-order valence-corrected chi connectivity index (χ4v) is 3.40. The lowest BCUT2D eigenvalue weighted by molar-refractivity contribution is 0.503. The van der Waals surface area contributed by atoms with Crippen molar-refractivity contribution in [3.8, 4) is 0 Å². The molecule has 1 aliphatic carbocycles. The maximum absolute atomic E-state index is 6.17. The highest BCUT2D eigenvalue weighted by Gasteiger charge is 2.27. The van der Waals surface area contributed by atoms with E-state index in [0.29, 0.717) is 6.04 Å². The number of benzene rings is 1. The monoisotopic (exact) mass is 258 g/mol. The summed E-state index contributed by atoms with van der Waals surface area (Å²) in [6, 6.07) is 13.5. The van der Waals surface area contributed by atoms with Gasteiger partial charge >= 0.3 is 0 Å². The van der Waals surface area contributed by atoms with E-state index < -0.39 is 0 Å². The summed E-state index contributed by atoms with van der Waals surface area (Å²) in [4.78, 5) is 1.44. The lowest BCUT2D eigenvalue weighted by Gasteiger charge is -2.13. The summed E-state index contributed by atoms with van der Waals surface area (Å²) in [7, 11) is 0.